The molecule has 0 aliphatic heterocycles. The van der Waals surface area contributed by atoms with Gasteiger partial charge in [-0.25, -0.2) is 4.79 Å². The molecular weight excluding hydrogens is 226 g/mol. The quantitative estimate of drug-likeness (QED) is 0.644. The molecule has 0 radical (unpaired) electrons. The minimum absolute atomic E-state index is 0.167. The molecule has 1 rings (SSSR count). The van der Waals surface area contributed by atoms with Crippen molar-refractivity contribution < 1.29 is 24.5 Å². The highest BCUT2D eigenvalue weighted by Crippen LogP contribution is 2.19. The highest BCUT2D eigenvalue weighted by atomic mass is 16.5. The van der Waals surface area contributed by atoms with Crippen molar-refractivity contribution in [3.05, 3.63) is 29.3 Å². The Hall–Kier alpha value is -2.08. The first-order chi connectivity index (χ1) is 7.95. The minimum Gasteiger partial charge on any atom is -0.507 e. The van der Waals surface area contributed by atoms with E-state index in [1.54, 1.807) is 0 Å². The van der Waals surface area contributed by atoms with Gasteiger partial charge in [-0.2, -0.15) is 0 Å². The van der Waals surface area contributed by atoms with E-state index in [2.05, 4.69) is 4.74 Å². The summed E-state index contributed by atoms with van der Waals surface area (Å²) in [5.41, 5.74) is 5.90. The van der Waals surface area contributed by atoms with Crippen LogP contribution in [0.15, 0.2) is 18.2 Å². The van der Waals surface area contributed by atoms with Gasteiger partial charge in [0, 0.05) is 0 Å². The second-order valence-corrected chi connectivity index (χ2v) is 3.49. The van der Waals surface area contributed by atoms with Crippen molar-refractivity contribution >= 4 is 11.9 Å². The predicted octanol–water partition coefficient (Wildman–Crippen LogP) is 0.133. The van der Waals surface area contributed by atoms with Gasteiger partial charge in [-0.15, -0.1) is 0 Å². The number of aromatic carboxylic acids is 1. The molecule has 0 heterocycles. The molecule has 0 saturated heterocycles. The average Bonchev–Trinajstić information content (AvgIpc) is 2.27. The van der Waals surface area contributed by atoms with E-state index < -0.39 is 18.0 Å². The summed E-state index contributed by atoms with van der Waals surface area (Å²) in [7, 11) is 1.23. The van der Waals surface area contributed by atoms with Gasteiger partial charge in [0.1, 0.15) is 17.4 Å². The van der Waals surface area contributed by atoms with Crippen molar-refractivity contribution in [2.24, 2.45) is 5.73 Å². The third kappa shape index (κ3) is 3.18. The first-order valence-electron chi connectivity index (χ1n) is 4.84. The molecule has 0 fully saturated rings. The number of carboxylic acid groups (broad SMARTS) is 1. The van der Waals surface area contributed by atoms with Crippen molar-refractivity contribution in [3.8, 4) is 5.75 Å². The Morgan fingerprint density at radius 3 is 2.59 bits per heavy atom. The molecule has 0 amide bonds. The van der Waals surface area contributed by atoms with Crippen molar-refractivity contribution in [1.29, 1.82) is 0 Å². The fourth-order valence-electron chi connectivity index (χ4n) is 1.37. The largest absolute Gasteiger partial charge is 0.507 e. The van der Waals surface area contributed by atoms with Gasteiger partial charge in [0.05, 0.1) is 7.11 Å². The van der Waals surface area contributed by atoms with Gasteiger partial charge < -0.3 is 20.7 Å². The zero-order chi connectivity index (χ0) is 13.0. The summed E-state index contributed by atoms with van der Waals surface area (Å²) in [6.45, 7) is 0. The zero-order valence-electron chi connectivity index (χ0n) is 9.21. The number of benzene rings is 1. The molecule has 17 heavy (non-hydrogen) atoms. The van der Waals surface area contributed by atoms with E-state index in [1.807, 2.05) is 0 Å². The third-order valence-corrected chi connectivity index (χ3v) is 2.25. The van der Waals surface area contributed by atoms with Crippen LogP contribution >= 0.6 is 0 Å². The van der Waals surface area contributed by atoms with Crippen LogP contribution in [0, 0.1) is 0 Å². The minimum atomic E-state index is -1.22. The van der Waals surface area contributed by atoms with Crippen LogP contribution in [0.1, 0.15) is 15.9 Å². The predicted molar refractivity (Wildman–Crippen MR) is 58.8 cm³/mol. The number of carboxylic acids is 1. The summed E-state index contributed by atoms with van der Waals surface area (Å²) in [5, 5.41) is 18.1. The lowest BCUT2D eigenvalue weighted by molar-refractivity contribution is -0.142. The Kier molecular flexibility index (Phi) is 4.06. The summed E-state index contributed by atoms with van der Waals surface area (Å²) < 4.78 is 4.46. The fraction of sp³-hybridized carbons (Fsp3) is 0.273. The van der Waals surface area contributed by atoms with Crippen molar-refractivity contribution in [1.82, 2.24) is 0 Å². The van der Waals surface area contributed by atoms with Gasteiger partial charge in [0.15, 0.2) is 0 Å². The number of nitrogens with two attached hydrogens (primary N) is 1. The number of hydrogen-bond donors (Lipinski definition) is 3. The van der Waals surface area contributed by atoms with Crippen LogP contribution < -0.4 is 5.73 Å². The summed E-state index contributed by atoms with van der Waals surface area (Å²) in [6.07, 6.45) is 0.167. The van der Waals surface area contributed by atoms with Gasteiger partial charge in [-0.3, -0.25) is 4.79 Å². The van der Waals surface area contributed by atoms with E-state index in [4.69, 9.17) is 10.8 Å². The lowest BCUT2D eigenvalue weighted by Crippen LogP contribution is -2.33. The molecule has 1 aromatic rings. The van der Waals surface area contributed by atoms with Crippen LogP contribution in [0.3, 0.4) is 0 Å². The molecule has 0 spiro atoms. The number of rotatable bonds is 4. The standard InChI is InChI=1S/C11H13NO5/c1-17-11(16)8(12)4-6-2-3-7(10(14)15)9(13)5-6/h2-3,5,8,13H,4,12H2,1H3,(H,14,15)/t8-/m1/s1. The van der Waals surface area contributed by atoms with E-state index in [0.29, 0.717) is 5.56 Å². The van der Waals surface area contributed by atoms with Crippen molar-refractivity contribution in [3.63, 3.8) is 0 Å². The number of aromatic hydroxyl groups is 1. The number of phenols is 1. The molecule has 0 aliphatic carbocycles. The van der Waals surface area contributed by atoms with Crippen LogP contribution in [0.5, 0.6) is 5.75 Å². The maximum atomic E-state index is 11.1. The van der Waals surface area contributed by atoms with Gasteiger partial charge in [-0.1, -0.05) is 6.07 Å². The Balaban J connectivity index is 2.84. The maximum Gasteiger partial charge on any atom is 0.339 e. The van der Waals surface area contributed by atoms with E-state index in [0.717, 1.165) is 0 Å². The molecule has 6 heteroatoms. The van der Waals surface area contributed by atoms with Crippen LogP contribution in [-0.2, 0) is 16.0 Å². The van der Waals surface area contributed by atoms with Crippen LogP contribution in [0.4, 0.5) is 0 Å². The Morgan fingerprint density at radius 1 is 1.47 bits per heavy atom. The Morgan fingerprint density at radius 2 is 2.12 bits per heavy atom. The van der Waals surface area contributed by atoms with E-state index in [9.17, 15) is 14.7 Å². The normalized spacial score (nSPS) is 11.9. The number of esters is 1. The molecule has 1 aromatic carbocycles. The molecule has 92 valence electrons. The smallest absolute Gasteiger partial charge is 0.339 e. The molecule has 0 saturated carbocycles. The molecule has 0 aliphatic rings. The number of hydrogen-bond acceptors (Lipinski definition) is 5. The topological polar surface area (TPSA) is 110 Å². The molecule has 4 N–H and O–H groups in total. The monoisotopic (exact) mass is 239 g/mol. The first-order valence-corrected chi connectivity index (χ1v) is 4.84. The number of ether oxygens (including phenoxy) is 1. The summed E-state index contributed by atoms with van der Waals surface area (Å²) in [4.78, 5) is 21.7. The van der Waals surface area contributed by atoms with Crippen LogP contribution in [0.25, 0.3) is 0 Å². The Labute approximate surface area is 97.6 Å². The SMILES string of the molecule is COC(=O)[C@H](N)Cc1ccc(C(=O)O)c(O)c1. The van der Waals surface area contributed by atoms with Gasteiger partial charge in [-0.05, 0) is 24.1 Å². The summed E-state index contributed by atoms with van der Waals surface area (Å²) in [5.74, 6) is -2.13. The van der Waals surface area contributed by atoms with Gasteiger partial charge in [0.25, 0.3) is 0 Å². The molecule has 0 bridgehead atoms. The molecule has 1 atom stereocenters. The van der Waals surface area contributed by atoms with Crippen LogP contribution in [0.2, 0.25) is 0 Å². The highest BCUT2D eigenvalue weighted by molar-refractivity contribution is 5.90. The van der Waals surface area contributed by atoms with E-state index in [1.165, 1.54) is 25.3 Å². The molecule has 0 aromatic heterocycles. The Bertz CT molecular complexity index is 443. The number of carbonyl (C=O) groups excluding carboxylic acids is 1. The average molecular weight is 239 g/mol. The zero-order valence-corrected chi connectivity index (χ0v) is 9.21. The molecule has 0 unspecified atom stereocenters. The second-order valence-electron chi connectivity index (χ2n) is 3.49. The summed E-state index contributed by atoms with van der Waals surface area (Å²) >= 11 is 0. The second kappa shape index (κ2) is 5.31. The lowest BCUT2D eigenvalue weighted by atomic mass is 10.0. The van der Waals surface area contributed by atoms with Gasteiger partial charge in [0.2, 0.25) is 0 Å². The van der Waals surface area contributed by atoms with E-state index >= 15 is 0 Å². The maximum absolute atomic E-state index is 11.1. The van der Waals surface area contributed by atoms with Crippen molar-refractivity contribution in [2.75, 3.05) is 7.11 Å². The molecular formula is C11H13NO5. The molecule has 6 nitrogen and oxygen atoms in total. The highest BCUT2D eigenvalue weighted by Gasteiger charge is 2.16. The van der Waals surface area contributed by atoms with Gasteiger partial charge >= 0.3 is 11.9 Å². The number of methoxy groups -OCH3 is 1. The summed E-state index contributed by atoms with van der Waals surface area (Å²) in [6, 6.07) is 3.19. The number of carbonyl (C=O) groups is 2. The van der Waals surface area contributed by atoms with Crippen LogP contribution in [-0.4, -0.2) is 35.3 Å². The lowest BCUT2D eigenvalue weighted by Gasteiger charge is -2.09. The van der Waals surface area contributed by atoms with Crippen molar-refractivity contribution in [2.45, 2.75) is 12.5 Å². The fourth-order valence-corrected chi connectivity index (χ4v) is 1.37. The van der Waals surface area contributed by atoms with E-state index in [-0.39, 0.29) is 17.7 Å². The third-order valence-electron chi connectivity index (χ3n) is 2.25. The first kappa shape index (κ1) is 13.0.